The molecule has 0 saturated heterocycles. The molecular formula is C16H18ClN3O5S. The Labute approximate surface area is 155 Å². The number of carboxylic acids is 1. The van der Waals surface area contributed by atoms with Gasteiger partial charge in [0.2, 0.25) is 10.0 Å². The average molecular weight is 400 g/mol. The lowest BCUT2D eigenvalue weighted by atomic mass is 10.2. The Balaban J connectivity index is 2.30. The Morgan fingerprint density at radius 2 is 1.88 bits per heavy atom. The molecule has 8 nitrogen and oxygen atoms in total. The van der Waals surface area contributed by atoms with Gasteiger partial charge >= 0.3 is 5.97 Å². The zero-order valence-corrected chi connectivity index (χ0v) is 15.8. The number of H-pyrrole nitrogens is 1. The zero-order valence-electron chi connectivity index (χ0n) is 14.2. The maximum Gasteiger partial charge on any atom is 0.308 e. The van der Waals surface area contributed by atoms with Crippen LogP contribution in [0.25, 0.3) is 0 Å². The quantitative estimate of drug-likeness (QED) is 0.724. The topological polar surface area (TPSA) is 120 Å². The number of nitrogens with zero attached hydrogens (tertiary/aromatic N) is 2. The molecule has 0 aliphatic heterocycles. The molecule has 2 rings (SSSR count). The molecule has 0 atom stereocenters. The van der Waals surface area contributed by atoms with E-state index in [1.807, 2.05) is 0 Å². The predicted molar refractivity (Wildman–Crippen MR) is 96.5 cm³/mol. The van der Waals surface area contributed by atoms with Gasteiger partial charge in [-0.3, -0.25) is 9.59 Å². The van der Waals surface area contributed by atoms with Crippen molar-refractivity contribution >= 4 is 27.6 Å². The monoisotopic (exact) mass is 399 g/mol. The lowest BCUT2D eigenvalue weighted by Crippen LogP contribution is -2.31. The van der Waals surface area contributed by atoms with Crippen LogP contribution in [-0.4, -0.2) is 40.0 Å². The Morgan fingerprint density at radius 3 is 2.38 bits per heavy atom. The third kappa shape index (κ3) is 5.38. The fourth-order valence-electron chi connectivity index (χ4n) is 2.35. The molecule has 1 heterocycles. The smallest absolute Gasteiger partial charge is 0.308 e. The summed E-state index contributed by atoms with van der Waals surface area (Å²) in [6, 6.07) is 6.72. The lowest BCUT2D eigenvalue weighted by molar-refractivity contribution is -0.136. The van der Waals surface area contributed by atoms with Crippen molar-refractivity contribution in [3.63, 3.8) is 0 Å². The van der Waals surface area contributed by atoms with Crippen LogP contribution in [0.15, 0.2) is 29.1 Å². The molecule has 10 heteroatoms. The number of aliphatic carboxylic acids is 1. The van der Waals surface area contributed by atoms with E-state index in [-0.39, 0.29) is 30.2 Å². The molecule has 0 bridgehead atoms. The van der Waals surface area contributed by atoms with Gasteiger partial charge < -0.3 is 10.1 Å². The second-order valence-electron chi connectivity index (χ2n) is 5.80. The van der Waals surface area contributed by atoms with Crippen molar-refractivity contribution in [1.29, 1.82) is 0 Å². The minimum absolute atomic E-state index is 0.0462. The highest BCUT2D eigenvalue weighted by atomic mass is 35.5. The second-order valence-corrected chi connectivity index (χ2v) is 8.22. The van der Waals surface area contributed by atoms with Crippen LogP contribution in [0.1, 0.15) is 22.6 Å². The number of aromatic nitrogens is 2. The highest BCUT2D eigenvalue weighted by molar-refractivity contribution is 7.88. The van der Waals surface area contributed by atoms with Crippen LogP contribution < -0.4 is 5.56 Å². The third-order valence-corrected chi connectivity index (χ3v) is 5.11. The number of nitrogens with one attached hydrogen (secondary N) is 1. The summed E-state index contributed by atoms with van der Waals surface area (Å²) in [7, 11) is -3.58. The number of halogens is 1. The molecule has 0 spiro atoms. The number of hydrogen-bond acceptors (Lipinski definition) is 5. The van der Waals surface area contributed by atoms with Gasteiger partial charge in [0.1, 0.15) is 5.82 Å². The van der Waals surface area contributed by atoms with Gasteiger partial charge in [-0.2, -0.15) is 4.31 Å². The molecule has 0 fully saturated rings. The van der Waals surface area contributed by atoms with Crippen molar-refractivity contribution in [3.8, 4) is 0 Å². The summed E-state index contributed by atoms with van der Waals surface area (Å²) >= 11 is 5.83. The van der Waals surface area contributed by atoms with Crippen molar-refractivity contribution in [1.82, 2.24) is 14.3 Å². The normalized spacial score (nSPS) is 11.7. The summed E-state index contributed by atoms with van der Waals surface area (Å²) in [5.74, 6) is -1.00. The van der Waals surface area contributed by atoms with E-state index in [2.05, 4.69) is 9.97 Å². The van der Waals surface area contributed by atoms with Gasteiger partial charge in [-0.1, -0.05) is 23.7 Å². The molecule has 140 valence electrons. The molecule has 0 saturated carbocycles. The summed E-state index contributed by atoms with van der Waals surface area (Å²) in [5, 5.41) is 9.38. The highest BCUT2D eigenvalue weighted by Gasteiger charge is 2.20. The van der Waals surface area contributed by atoms with Crippen LogP contribution in [0.5, 0.6) is 0 Å². The van der Waals surface area contributed by atoms with Gasteiger partial charge in [-0.05, 0) is 24.6 Å². The molecular weight excluding hydrogens is 382 g/mol. The van der Waals surface area contributed by atoms with E-state index in [9.17, 15) is 18.0 Å². The van der Waals surface area contributed by atoms with Crippen LogP contribution in [0.4, 0.5) is 0 Å². The Kier molecular flexibility index (Phi) is 6.17. The first-order valence-electron chi connectivity index (χ1n) is 7.56. The maximum atomic E-state index is 12.1. The lowest BCUT2D eigenvalue weighted by Gasteiger charge is -2.20. The number of aromatic amines is 1. The largest absolute Gasteiger partial charge is 0.481 e. The minimum atomic E-state index is -3.58. The van der Waals surface area contributed by atoms with Gasteiger partial charge in [-0.25, -0.2) is 13.4 Å². The Bertz CT molecular complexity index is 970. The molecule has 2 N–H and O–H groups in total. The first-order chi connectivity index (χ1) is 12.1. The predicted octanol–water partition coefficient (Wildman–Crippen LogP) is 1.32. The number of carbonyl (C=O) groups is 1. The minimum Gasteiger partial charge on any atom is -0.481 e. The van der Waals surface area contributed by atoms with E-state index in [0.717, 1.165) is 16.1 Å². The summed E-state index contributed by atoms with van der Waals surface area (Å²) in [6.45, 7) is 1.45. The molecule has 1 aromatic carbocycles. The van der Waals surface area contributed by atoms with Crippen molar-refractivity contribution in [2.24, 2.45) is 0 Å². The van der Waals surface area contributed by atoms with E-state index < -0.39 is 28.0 Å². The zero-order chi connectivity index (χ0) is 19.5. The van der Waals surface area contributed by atoms with Crippen molar-refractivity contribution in [3.05, 3.63) is 62.3 Å². The standard InChI is InChI=1S/C16H18ClN3O5S/c1-10-13(7-15(21)22)16(23)19-14(18-10)9-20(26(2,24)25)8-11-3-5-12(17)6-4-11/h3-6H,7-9H2,1-2H3,(H,21,22)(H,18,19,23). The summed E-state index contributed by atoms with van der Waals surface area (Å²) in [6.07, 6.45) is 0.613. The molecule has 0 amide bonds. The molecule has 2 aromatic rings. The van der Waals surface area contributed by atoms with Crippen LogP contribution in [0.3, 0.4) is 0 Å². The van der Waals surface area contributed by atoms with Crippen molar-refractivity contribution in [2.45, 2.75) is 26.4 Å². The fourth-order valence-corrected chi connectivity index (χ4v) is 3.22. The maximum absolute atomic E-state index is 12.1. The average Bonchev–Trinajstić information content (AvgIpc) is 2.51. The SMILES string of the molecule is Cc1nc(CN(Cc2ccc(Cl)cc2)S(C)(=O)=O)[nH]c(=O)c1CC(=O)O. The van der Waals surface area contributed by atoms with E-state index in [1.165, 1.54) is 6.92 Å². The van der Waals surface area contributed by atoms with Gasteiger partial charge in [0, 0.05) is 22.8 Å². The van der Waals surface area contributed by atoms with E-state index in [4.69, 9.17) is 16.7 Å². The highest BCUT2D eigenvalue weighted by Crippen LogP contribution is 2.15. The Morgan fingerprint density at radius 1 is 1.27 bits per heavy atom. The molecule has 26 heavy (non-hydrogen) atoms. The van der Waals surface area contributed by atoms with Crippen LogP contribution in [0, 0.1) is 6.92 Å². The van der Waals surface area contributed by atoms with E-state index in [0.29, 0.717) is 5.02 Å². The first kappa shape index (κ1) is 20.1. The molecule has 0 aliphatic rings. The van der Waals surface area contributed by atoms with Gasteiger partial charge in [-0.15, -0.1) is 0 Å². The van der Waals surface area contributed by atoms with E-state index in [1.54, 1.807) is 24.3 Å². The second kappa shape index (κ2) is 7.98. The number of rotatable bonds is 7. The van der Waals surface area contributed by atoms with E-state index >= 15 is 0 Å². The number of aryl methyl sites for hydroxylation is 1. The first-order valence-corrected chi connectivity index (χ1v) is 9.79. The van der Waals surface area contributed by atoms with Gasteiger partial charge in [0.15, 0.2) is 0 Å². The molecule has 0 radical (unpaired) electrons. The van der Waals surface area contributed by atoms with Crippen LogP contribution >= 0.6 is 11.6 Å². The van der Waals surface area contributed by atoms with Gasteiger partial charge in [0.25, 0.3) is 5.56 Å². The Hall–Kier alpha value is -2.23. The number of carboxylic acid groups (broad SMARTS) is 1. The van der Waals surface area contributed by atoms with Gasteiger partial charge in [0.05, 0.1) is 19.2 Å². The van der Waals surface area contributed by atoms with Crippen LogP contribution in [0.2, 0.25) is 5.02 Å². The molecule has 0 unspecified atom stereocenters. The summed E-state index contributed by atoms with van der Waals surface area (Å²) in [5.41, 5.74) is 0.437. The summed E-state index contributed by atoms with van der Waals surface area (Å²) < 4.78 is 25.3. The van der Waals surface area contributed by atoms with Crippen molar-refractivity contribution < 1.29 is 18.3 Å². The number of benzene rings is 1. The summed E-state index contributed by atoms with van der Waals surface area (Å²) in [4.78, 5) is 29.5. The molecule has 0 aliphatic carbocycles. The van der Waals surface area contributed by atoms with Crippen molar-refractivity contribution in [2.75, 3.05) is 6.26 Å². The number of hydrogen-bond donors (Lipinski definition) is 2. The molecule has 1 aromatic heterocycles. The number of sulfonamides is 1. The van der Waals surface area contributed by atoms with Crippen LogP contribution in [-0.2, 0) is 34.3 Å². The fraction of sp³-hybridized carbons (Fsp3) is 0.312. The third-order valence-electron chi connectivity index (χ3n) is 3.67.